The van der Waals surface area contributed by atoms with Crippen LogP contribution in [0.15, 0.2) is 33.5 Å². The summed E-state index contributed by atoms with van der Waals surface area (Å²) in [6.07, 6.45) is 2.83. The topological polar surface area (TPSA) is 59.3 Å². The maximum Gasteiger partial charge on any atom is 0.343 e. The molecule has 0 fully saturated rings. The minimum atomic E-state index is -0.351. The van der Waals surface area contributed by atoms with E-state index in [-0.39, 0.29) is 11.5 Å². The van der Waals surface area contributed by atoms with Crippen molar-refractivity contribution in [2.24, 2.45) is 0 Å². The molecule has 0 bridgehead atoms. The van der Waals surface area contributed by atoms with E-state index in [0.717, 1.165) is 24.6 Å². The van der Waals surface area contributed by atoms with Crippen LogP contribution in [0.3, 0.4) is 0 Å². The molecular weight excluding hydrogens is 242 g/mol. The highest BCUT2D eigenvalue weighted by molar-refractivity contribution is 5.92. The molecular formula is C15H17NO3. The summed E-state index contributed by atoms with van der Waals surface area (Å²) in [6.45, 7) is 3.53. The lowest BCUT2D eigenvalue weighted by Gasteiger charge is -2.05. The molecule has 0 spiro atoms. The molecule has 0 aliphatic heterocycles. The van der Waals surface area contributed by atoms with Gasteiger partial charge in [-0.15, -0.1) is 0 Å². The van der Waals surface area contributed by atoms with Crippen molar-refractivity contribution in [3.63, 3.8) is 0 Å². The molecule has 2 rings (SSSR count). The normalized spacial score (nSPS) is 10.6. The lowest BCUT2D eigenvalue weighted by molar-refractivity contribution is -0.114. The molecule has 0 radical (unpaired) electrons. The molecule has 1 N–H and O–H groups in total. The first-order chi connectivity index (χ1) is 9.10. The average molecular weight is 259 g/mol. The van der Waals surface area contributed by atoms with E-state index in [0.29, 0.717) is 16.8 Å². The van der Waals surface area contributed by atoms with Gasteiger partial charge in [-0.1, -0.05) is 19.4 Å². The molecule has 0 aliphatic rings. The van der Waals surface area contributed by atoms with E-state index >= 15 is 0 Å². The quantitative estimate of drug-likeness (QED) is 0.917. The lowest BCUT2D eigenvalue weighted by atomic mass is 10.1. The van der Waals surface area contributed by atoms with Crippen LogP contribution < -0.4 is 10.9 Å². The molecule has 1 aromatic heterocycles. The summed E-state index contributed by atoms with van der Waals surface area (Å²) < 4.78 is 5.28. The number of amides is 1. The van der Waals surface area contributed by atoms with Gasteiger partial charge >= 0.3 is 5.63 Å². The van der Waals surface area contributed by atoms with Gasteiger partial charge in [0, 0.05) is 19.0 Å². The van der Waals surface area contributed by atoms with E-state index in [1.807, 2.05) is 12.1 Å². The Kier molecular flexibility index (Phi) is 4.00. The SMILES string of the molecule is CCCCc1cc2ccc(NC(C)=O)cc2c(=O)o1. The zero-order chi connectivity index (χ0) is 13.8. The van der Waals surface area contributed by atoms with Crippen molar-refractivity contribution in [3.8, 4) is 0 Å². The number of rotatable bonds is 4. The monoisotopic (exact) mass is 259 g/mol. The maximum atomic E-state index is 11.9. The van der Waals surface area contributed by atoms with E-state index < -0.39 is 0 Å². The van der Waals surface area contributed by atoms with Gasteiger partial charge in [-0.3, -0.25) is 4.79 Å². The van der Waals surface area contributed by atoms with Crippen LogP contribution in [0.5, 0.6) is 0 Å². The van der Waals surface area contributed by atoms with E-state index in [1.165, 1.54) is 6.92 Å². The van der Waals surface area contributed by atoms with Crippen molar-refractivity contribution in [1.29, 1.82) is 0 Å². The fourth-order valence-electron chi connectivity index (χ4n) is 1.99. The summed E-state index contributed by atoms with van der Waals surface area (Å²) in [5, 5.41) is 3.99. The highest BCUT2D eigenvalue weighted by Crippen LogP contribution is 2.18. The summed E-state index contributed by atoms with van der Waals surface area (Å²) in [6, 6.07) is 7.15. The number of carbonyl (C=O) groups is 1. The third kappa shape index (κ3) is 3.22. The Labute approximate surface area is 111 Å². The predicted molar refractivity (Wildman–Crippen MR) is 75.4 cm³/mol. The summed E-state index contributed by atoms with van der Waals surface area (Å²) >= 11 is 0. The second-order valence-corrected chi connectivity index (χ2v) is 4.59. The Balaban J connectivity index is 2.42. The molecule has 1 amide bonds. The number of hydrogen-bond acceptors (Lipinski definition) is 3. The van der Waals surface area contributed by atoms with Gasteiger partial charge in [0.05, 0.1) is 5.39 Å². The molecule has 100 valence electrons. The Bertz CT molecular complexity index is 658. The van der Waals surface area contributed by atoms with Gasteiger partial charge in [0.25, 0.3) is 0 Å². The number of anilines is 1. The Morgan fingerprint density at radius 1 is 1.32 bits per heavy atom. The smallest absolute Gasteiger partial charge is 0.343 e. The molecule has 0 saturated heterocycles. The standard InChI is InChI=1S/C15H17NO3/c1-3-4-5-13-8-11-6-7-12(16-10(2)17)9-14(11)15(18)19-13/h6-9H,3-5H2,1-2H3,(H,16,17). The third-order valence-corrected chi connectivity index (χ3v) is 2.91. The molecule has 0 unspecified atom stereocenters. The highest BCUT2D eigenvalue weighted by atomic mass is 16.4. The van der Waals surface area contributed by atoms with Crippen LogP contribution in [0.1, 0.15) is 32.4 Å². The fraction of sp³-hybridized carbons (Fsp3) is 0.333. The number of carbonyl (C=O) groups excluding carboxylic acids is 1. The summed E-state index contributed by atoms with van der Waals surface area (Å²) in [5.41, 5.74) is 0.254. The van der Waals surface area contributed by atoms with E-state index in [1.54, 1.807) is 12.1 Å². The molecule has 0 atom stereocenters. The van der Waals surface area contributed by atoms with Gasteiger partial charge < -0.3 is 9.73 Å². The van der Waals surface area contributed by atoms with Crippen molar-refractivity contribution in [2.45, 2.75) is 33.1 Å². The van der Waals surface area contributed by atoms with E-state index in [4.69, 9.17) is 4.42 Å². The molecule has 0 aliphatic carbocycles. The van der Waals surface area contributed by atoms with Gasteiger partial charge in [0.2, 0.25) is 5.91 Å². The van der Waals surface area contributed by atoms with Crippen molar-refractivity contribution < 1.29 is 9.21 Å². The van der Waals surface area contributed by atoms with Crippen LogP contribution in [0.25, 0.3) is 10.8 Å². The van der Waals surface area contributed by atoms with Crippen molar-refractivity contribution in [1.82, 2.24) is 0 Å². The highest BCUT2D eigenvalue weighted by Gasteiger charge is 2.06. The van der Waals surface area contributed by atoms with Crippen LogP contribution in [-0.4, -0.2) is 5.91 Å². The van der Waals surface area contributed by atoms with Gasteiger partial charge in [-0.05, 0) is 30.0 Å². The van der Waals surface area contributed by atoms with E-state index in [2.05, 4.69) is 12.2 Å². The molecule has 2 aromatic rings. The number of aryl methyl sites for hydroxylation is 1. The Hall–Kier alpha value is -2.10. The minimum absolute atomic E-state index is 0.164. The zero-order valence-corrected chi connectivity index (χ0v) is 11.2. The lowest BCUT2D eigenvalue weighted by Crippen LogP contribution is -2.07. The van der Waals surface area contributed by atoms with Crippen molar-refractivity contribution in [3.05, 3.63) is 40.4 Å². The Morgan fingerprint density at radius 2 is 2.11 bits per heavy atom. The Morgan fingerprint density at radius 3 is 2.79 bits per heavy atom. The first-order valence-corrected chi connectivity index (χ1v) is 6.44. The third-order valence-electron chi connectivity index (χ3n) is 2.91. The van der Waals surface area contributed by atoms with Gasteiger partial charge in [-0.25, -0.2) is 4.79 Å². The number of hydrogen-bond donors (Lipinski definition) is 1. The van der Waals surface area contributed by atoms with Gasteiger partial charge in [0.15, 0.2) is 0 Å². The first-order valence-electron chi connectivity index (χ1n) is 6.44. The van der Waals surface area contributed by atoms with Crippen LogP contribution in [0, 0.1) is 0 Å². The molecule has 0 saturated carbocycles. The van der Waals surface area contributed by atoms with Crippen molar-refractivity contribution >= 4 is 22.4 Å². The summed E-state index contributed by atoms with van der Waals surface area (Å²) in [7, 11) is 0. The first kappa shape index (κ1) is 13.3. The number of benzene rings is 1. The fourth-order valence-corrected chi connectivity index (χ4v) is 1.99. The van der Waals surface area contributed by atoms with Crippen LogP contribution in [0.2, 0.25) is 0 Å². The van der Waals surface area contributed by atoms with E-state index in [9.17, 15) is 9.59 Å². The second-order valence-electron chi connectivity index (χ2n) is 4.59. The van der Waals surface area contributed by atoms with Crippen LogP contribution in [-0.2, 0) is 11.2 Å². The van der Waals surface area contributed by atoms with Crippen molar-refractivity contribution in [2.75, 3.05) is 5.32 Å². The molecule has 1 heterocycles. The molecule has 19 heavy (non-hydrogen) atoms. The zero-order valence-electron chi connectivity index (χ0n) is 11.2. The largest absolute Gasteiger partial charge is 0.427 e. The summed E-state index contributed by atoms with van der Waals surface area (Å²) in [5.74, 6) is 0.551. The van der Waals surface area contributed by atoms with Gasteiger partial charge in [0.1, 0.15) is 5.76 Å². The molecule has 4 heteroatoms. The van der Waals surface area contributed by atoms with Crippen LogP contribution >= 0.6 is 0 Å². The summed E-state index contributed by atoms with van der Waals surface area (Å²) in [4.78, 5) is 22.9. The van der Waals surface area contributed by atoms with Gasteiger partial charge in [-0.2, -0.15) is 0 Å². The number of fused-ring (bicyclic) bond motifs is 1. The minimum Gasteiger partial charge on any atom is -0.427 e. The average Bonchev–Trinajstić information content (AvgIpc) is 2.36. The second kappa shape index (κ2) is 5.69. The maximum absolute atomic E-state index is 11.9. The molecule has 4 nitrogen and oxygen atoms in total. The molecule has 1 aromatic carbocycles. The number of unbranched alkanes of at least 4 members (excludes halogenated alkanes) is 1. The van der Waals surface area contributed by atoms with Crippen LogP contribution in [0.4, 0.5) is 5.69 Å². The number of nitrogens with one attached hydrogen (secondary N) is 1. The predicted octanol–water partition coefficient (Wildman–Crippen LogP) is 3.09.